The van der Waals surface area contributed by atoms with E-state index in [9.17, 15) is 0 Å². The molecule has 108 valence electrons. The minimum atomic E-state index is 1.04. The predicted molar refractivity (Wildman–Crippen MR) is 101 cm³/mol. The van der Waals surface area contributed by atoms with E-state index in [-0.39, 0.29) is 0 Å². The van der Waals surface area contributed by atoms with Crippen LogP contribution in [-0.2, 0) is 12.8 Å². The maximum absolute atomic E-state index is 2.33. The van der Waals surface area contributed by atoms with Crippen LogP contribution in [-0.4, -0.2) is 0 Å². The van der Waals surface area contributed by atoms with E-state index in [1.54, 1.807) is 0 Å². The van der Waals surface area contributed by atoms with Crippen molar-refractivity contribution in [3.8, 4) is 22.3 Å². The average molecular weight is 357 g/mol. The molecule has 0 bridgehead atoms. The molecule has 1 aliphatic rings. The second kappa shape index (κ2) is 5.17. The molecule has 0 radical (unpaired) electrons. The van der Waals surface area contributed by atoms with Gasteiger partial charge in [-0.1, -0.05) is 0 Å². The quantitative estimate of drug-likeness (QED) is 0.287. The lowest BCUT2D eigenvalue weighted by atomic mass is 9.90. The first-order chi connectivity index (χ1) is 10.9. The summed E-state index contributed by atoms with van der Waals surface area (Å²) < 4.78 is 0. The summed E-state index contributed by atoms with van der Waals surface area (Å²) in [7, 11) is 0. The van der Waals surface area contributed by atoms with Gasteiger partial charge in [0.05, 0.1) is 0 Å². The van der Waals surface area contributed by atoms with Crippen LogP contribution in [0, 0.1) is 0 Å². The van der Waals surface area contributed by atoms with E-state index in [4.69, 9.17) is 0 Å². The van der Waals surface area contributed by atoms with Gasteiger partial charge in [-0.3, -0.25) is 0 Å². The summed E-state index contributed by atoms with van der Waals surface area (Å²) in [6, 6.07) is 0. The Morgan fingerprint density at radius 1 is 0.409 bits per heavy atom. The molecule has 4 aromatic heterocycles. The van der Waals surface area contributed by atoms with Crippen LogP contribution in [0.1, 0.15) is 22.3 Å². The molecule has 0 amide bonds. The second-order valence-electron chi connectivity index (χ2n) is 5.60. The number of rotatable bonds is 0. The van der Waals surface area contributed by atoms with E-state index >= 15 is 0 Å². The van der Waals surface area contributed by atoms with Crippen LogP contribution in [0.15, 0.2) is 43.0 Å². The molecule has 0 N–H and O–H groups in total. The first-order valence-electron chi connectivity index (χ1n) is 7.11. The Kier molecular flexibility index (Phi) is 3.11. The van der Waals surface area contributed by atoms with Gasteiger partial charge in [0, 0.05) is 12.8 Å². The third-order valence-corrected chi connectivity index (χ3v) is 7.48. The Morgan fingerprint density at radius 3 is 0.955 bits per heavy atom. The Hall–Kier alpha value is -1.20. The minimum Gasteiger partial charge on any atom is -0.151 e. The average Bonchev–Trinajstić information content (AvgIpc) is 3.26. The van der Waals surface area contributed by atoms with Crippen molar-refractivity contribution >= 4 is 45.3 Å². The first kappa shape index (κ1) is 13.3. The van der Waals surface area contributed by atoms with Crippen molar-refractivity contribution in [1.82, 2.24) is 0 Å². The molecule has 0 nitrogen and oxygen atoms in total. The molecule has 0 spiro atoms. The van der Waals surface area contributed by atoms with Gasteiger partial charge in [-0.2, -0.15) is 45.3 Å². The number of fused-ring (bicyclic) bond motifs is 6. The summed E-state index contributed by atoms with van der Waals surface area (Å²) in [5.41, 5.74) is 11.7. The molecule has 0 aliphatic heterocycles. The largest absolute Gasteiger partial charge is 0.151 e. The third kappa shape index (κ3) is 1.98. The monoisotopic (exact) mass is 356 g/mol. The summed E-state index contributed by atoms with van der Waals surface area (Å²) in [6.07, 6.45) is 2.09. The minimum absolute atomic E-state index is 1.04. The fourth-order valence-corrected chi connectivity index (χ4v) is 6.63. The van der Waals surface area contributed by atoms with Crippen LogP contribution in [0.25, 0.3) is 22.3 Å². The van der Waals surface area contributed by atoms with E-state index in [2.05, 4.69) is 43.0 Å². The van der Waals surface area contributed by atoms with Crippen LogP contribution < -0.4 is 0 Å². The van der Waals surface area contributed by atoms with Crippen molar-refractivity contribution in [2.24, 2.45) is 0 Å². The van der Waals surface area contributed by atoms with Gasteiger partial charge in [0.1, 0.15) is 0 Å². The molecule has 0 fully saturated rings. The highest BCUT2D eigenvalue weighted by Crippen LogP contribution is 2.41. The summed E-state index contributed by atoms with van der Waals surface area (Å²) in [5, 5.41) is 18.6. The summed E-state index contributed by atoms with van der Waals surface area (Å²) in [5.74, 6) is 0. The van der Waals surface area contributed by atoms with Gasteiger partial charge in [0.25, 0.3) is 0 Å². The summed E-state index contributed by atoms with van der Waals surface area (Å²) in [4.78, 5) is 0. The molecule has 0 aromatic carbocycles. The van der Waals surface area contributed by atoms with Gasteiger partial charge in [-0.25, -0.2) is 0 Å². The van der Waals surface area contributed by atoms with E-state index < -0.39 is 0 Å². The fraction of sp³-hybridized carbons (Fsp3) is 0.111. The van der Waals surface area contributed by atoms with Crippen LogP contribution in [0.4, 0.5) is 0 Å². The van der Waals surface area contributed by atoms with E-state index in [1.807, 2.05) is 45.3 Å². The van der Waals surface area contributed by atoms with Crippen LogP contribution >= 0.6 is 45.3 Å². The smallest absolute Gasteiger partial charge is 0.000308 e. The second-order valence-corrected chi connectivity index (χ2v) is 8.57. The molecule has 1 aliphatic carbocycles. The van der Waals surface area contributed by atoms with Gasteiger partial charge in [-0.05, 0) is 87.5 Å². The zero-order valence-corrected chi connectivity index (χ0v) is 14.9. The molecule has 0 saturated carbocycles. The molecular weight excluding hydrogens is 344 g/mol. The molecule has 4 aromatic rings. The van der Waals surface area contributed by atoms with Crippen molar-refractivity contribution in [1.29, 1.82) is 0 Å². The van der Waals surface area contributed by atoms with Gasteiger partial charge < -0.3 is 0 Å². The number of thiophene rings is 4. The molecular formula is C18H12S4. The lowest BCUT2D eigenvalue weighted by Gasteiger charge is -2.12. The Bertz CT molecular complexity index is 792. The molecule has 4 heterocycles. The summed E-state index contributed by atoms with van der Waals surface area (Å²) >= 11 is 7.31. The van der Waals surface area contributed by atoms with Crippen molar-refractivity contribution in [2.45, 2.75) is 12.8 Å². The Labute approximate surface area is 145 Å². The zero-order valence-electron chi connectivity index (χ0n) is 11.7. The van der Waals surface area contributed by atoms with Crippen molar-refractivity contribution in [2.75, 3.05) is 0 Å². The lowest BCUT2D eigenvalue weighted by Crippen LogP contribution is -1.96. The maximum atomic E-state index is 2.33. The third-order valence-electron chi connectivity index (χ3n) is 4.31. The fourth-order valence-electron chi connectivity index (χ4n) is 3.20. The van der Waals surface area contributed by atoms with Crippen molar-refractivity contribution in [3.05, 3.63) is 65.3 Å². The highest BCUT2D eigenvalue weighted by Gasteiger charge is 2.19. The van der Waals surface area contributed by atoms with Gasteiger partial charge in [0.2, 0.25) is 0 Å². The van der Waals surface area contributed by atoms with E-state index in [0.717, 1.165) is 12.8 Å². The standard InChI is InChI=1S/C18H12S4/c1-11-3-19-7-15(11)17-9-21-5-13(17)2-14-6-22-10-18(14)16-8-20-4-12(1)16/h3-10H,1-2H2. The number of hydrogen-bond acceptors (Lipinski definition) is 4. The Balaban J connectivity index is 1.80. The van der Waals surface area contributed by atoms with Crippen LogP contribution in [0.3, 0.4) is 0 Å². The molecule has 4 heteroatoms. The van der Waals surface area contributed by atoms with Gasteiger partial charge >= 0.3 is 0 Å². The maximum Gasteiger partial charge on any atom is 0.000308 e. The molecule has 0 unspecified atom stereocenters. The van der Waals surface area contributed by atoms with Crippen LogP contribution in [0.2, 0.25) is 0 Å². The highest BCUT2D eigenvalue weighted by atomic mass is 32.1. The first-order valence-corrected chi connectivity index (χ1v) is 10.9. The van der Waals surface area contributed by atoms with Crippen LogP contribution in [0.5, 0.6) is 0 Å². The van der Waals surface area contributed by atoms with Gasteiger partial charge in [-0.15, -0.1) is 0 Å². The van der Waals surface area contributed by atoms with Crippen molar-refractivity contribution < 1.29 is 0 Å². The Morgan fingerprint density at radius 2 is 0.682 bits per heavy atom. The summed E-state index contributed by atoms with van der Waals surface area (Å²) in [6.45, 7) is 0. The molecule has 0 atom stereocenters. The molecule has 5 rings (SSSR count). The lowest BCUT2D eigenvalue weighted by molar-refractivity contribution is 1.19. The van der Waals surface area contributed by atoms with E-state index in [1.165, 1.54) is 44.5 Å². The van der Waals surface area contributed by atoms with Crippen molar-refractivity contribution in [3.63, 3.8) is 0 Å². The SMILES string of the molecule is c1scc2c1Cc1cscc1-c1cscc1Cc1cscc1-2. The topological polar surface area (TPSA) is 0 Å². The zero-order chi connectivity index (χ0) is 14.5. The molecule has 0 saturated heterocycles. The highest BCUT2D eigenvalue weighted by molar-refractivity contribution is 7.10. The number of hydrogen-bond donors (Lipinski definition) is 0. The molecule has 22 heavy (non-hydrogen) atoms. The predicted octanol–water partition coefficient (Wildman–Crippen LogP) is 6.76. The van der Waals surface area contributed by atoms with Gasteiger partial charge in [0.15, 0.2) is 0 Å². The normalized spacial score (nSPS) is 13.1. The van der Waals surface area contributed by atoms with E-state index in [0.29, 0.717) is 0 Å².